The Morgan fingerprint density at radius 2 is 2.31 bits per heavy atom. The molecule has 1 aromatic heterocycles. The minimum atomic E-state index is 0.553. The molecule has 1 aliphatic heterocycles. The molecule has 0 bridgehead atoms. The van der Waals surface area contributed by atoms with Crippen molar-refractivity contribution < 1.29 is 0 Å². The first-order chi connectivity index (χ1) is 7.75. The van der Waals surface area contributed by atoms with Crippen LogP contribution in [-0.4, -0.2) is 24.1 Å². The summed E-state index contributed by atoms with van der Waals surface area (Å²) in [5.74, 6) is 0. The largest absolute Gasteiger partial charge is 0.381 e. The SMILES string of the molecule is Cc1cc(NC2CCCNCC2)cnc1Cl. The second kappa shape index (κ2) is 5.51. The van der Waals surface area contributed by atoms with Gasteiger partial charge in [-0.05, 0) is 50.9 Å². The van der Waals surface area contributed by atoms with Crippen LogP contribution in [0.25, 0.3) is 0 Å². The van der Waals surface area contributed by atoms with E-state index in [1.807, 2.05) is 13.1 Å². The Morgan fingerprint density at radius 3 is 3.12 bits per heavy atom. The molecule has 1 atom stereocenters. The smallest absolute Gasteiger partial charge is 0.132 e. The highest BCUT2D eigenvalue weighted by atomic mass is 35.5. The third-order valence-corrected chi connectivity index (χ3v) is 3.36. The van der Waals surface area contributed by atoms with Crippen molar-refractivity contribution in [2.75, 3.05) is 18.4 Å². The zero-order valence-corrected chi connectivity index (χ0v) is 10.3. The van der Waals surface area contributed by atoms with E-state index in [0.29, 0.717) is 11.2 Å². The predicted octanol–water partition coefficient (Wildman–Crippen LogP) is 2.60. The topological polar surface area (TPSA) is 37.0 Å². The summed E-state index contributed by atoms with van der Waals surface area (Å²) in [6, 6.07) is 2.62. The molecule has 4 heteroatoms. The molecular formula is C12H18ClN3. The van der Waals surface area contributed by atoms with Crippen LogP contribution in [-0.2, 0) is 0 Å². The van der Waals surface area contributed by atoms with E-state index in [0.717, 1.165) is 24.3 Å². The number of nitrogens with one attached hydrogen (secondary N) is 2. The predicted molar refractivity (Wildman–Crippen MR) is 68.1 cm³/mol. The third kappa shape index (κ3) is 3.09. The lowest BCUT2D eigenvalue weighted by molar-refractivity contribution is 0.637. The van der Waals surface area contributed by atoms with E-state index in [4.69, 9.17) is 11.6 Å². The molecule has 2 N–H and O–H groups in total. The molecule has 1 unspecified atom stereocenters. The average Bonchev–Trinajstić information content (AvgIpc) is 2.52. The van der Waals surface area contributed by atoms with Crippen LogP contribution < -0.4 is 10.6 Å². The molecule has 0 spiro atoms. The molecule has 1 aliphatic rings. The minimum absolute atomic E-state index is 0.553. The molecular weight excluding hydrogens is 222 g/mol. The number of hydrogen-bond donors (Lipinski definition) is 2. The van der Waals surface area contributed by atoms with Crippen LogP contribution in [0.4, 0.5) is 5.69 Å². The Morgan fingerprint density at radius 1 is 1.44 bits per heavy atom. The molecule has 2 rings (SSSR count). The van der Waals surface area contributed by atoms with Gasteiger partial charge in [0.15, 0.2) is 0 Å². The Hall–Kier alpha value is -0.800. The van der Waals surface area contributed by atoms with Crippen molar-refractivity contribution in [2.24, 2.45) is 0 Å². The lowest BCUT2D eigenvalue weighted by Gasteiger charge is -2.17. The molecule has 1 fully saturated rings. The van der Waals surface area contributed by atoms with Crippen LogP contribution in [0.2, 0.25) is 5.15 Å². The van der Waals surface area contributed by atoms with Crippen LogP contribution >= 0.6 is 11.6 Å². The minimum Gasteiger partial charge on any atom is -0.381 e. The van der Waals surface area contributed by atoms with Gasteiger partial charge in [0, 0.05) is 6.04 Å². The van der Waals surface area contributed by atoms with Gasteiger partial charge in [0.25, 0.3) is 0 Å². The Labute approximate surface area is 102 Å². The maximum Gasteiger partial charge on any atom is 0.132 e. The van der Waals surface area contributed by atoms with Crippen LogP contribution in [0.3, 0.4) is 0 Å². The molecule has 16 heavy (non-hydrogen) atoms. The van der Waals surface area contributed by atoms with Crippen molar-refractivity contribution in [2.45, 2.75) is 32.2 Å². The summed E-state index contributed by atoms with van der Waals surface area (Å²) in [5.41, 5.74) is 2.10. The first-order valence-electron chi connectivity index (χ1n) is 5.85. The molecule has 0 saturated carbocycles. The number of aryl methyl sites for hydroxylation is 1. The Balaban J connectivity index is 1.99. The summed E-state index contributed by atoms with van der Waals surface area (Å²) >= 11 is 5.90. The first kappa shape index (κ1) is 11.7. The van der Waals surface area contributed by atoms with Crippen molar-refractivity contribution in [3.05, 3.63) is 23.0 Å². The fraction of sp³-hybridized carbons (Fsp3) is 0.583. The van der Waals surface area contributed by atoms with Gasteiger partial charge in [0.1, 0.15) is 5.15 Å². The lowest BCUT2D eigenvalue weighted by Crippen LogP contribution is -2.21. The van der Waals surface area contributed by atoms with Gasteiger partial charge < -0.3 is 10.6 Å². The number of nitrogens with zero attached hydrogens (tertiary/aromatic N) is 1. The van der Waals surface area contributed by atoms with Crippen molar-refractivity contribution in [3.63, 3.8) is 0 Å². The van der Waals surface area contributed by atoms with E-state index >= 15 is 0 Å². The fourth-order valence-corrected chi connectivity index (χ4v) is 2.14. The first-order valence-corrected chi connectivity index (χ1v) is 6.23. The highest BCUT2D eigenvalue weighted by Crippen LogP contribution is 2.18. The van der Waals surface area contributed by atoms with Crippen molar-refractivity contribution in [1.29, 1.82) is 0 Å². The molecule has 1 aromatic rings. The molecule has 0 aliphatic carbocycles. The third-order valence-electron chi connectivity index (χ3n) is 2.96. The molecule has 2 heterocycles. The number of pyridine rings is 1. The van der Waals surface area contributed by atoms with E-state index < -0.39 is 0 Å². The Kier molecular flexibility index (Phi) is 4.02. The van der Waals surface area contributed by atoms with Gasteiger partial charge in [-0.2, -0.15) is 0 Å². The van der Waals surface area contributed by atoms with Crippen molar-refractivity contribution in [1.82, 2.24) is 10.3 Å². The van der Waals surface area contributed by atoms with Crippen LogP contribution in [0.1, 0.15) is 24.8 Å². The summed E-state index contributed by atoms with van der Waals surface area (Å²) < 4.78 is 0. The van der Waals surface area contributed by atoms with Gasteiger partial charge >= 0.3 is 0 Å². The zero-order valence-electron chi connectivity index (χ0n) is 9.59. The second-order valence-corrected chi connectivity index (χ2v) is 4.71. The normalized spacial score (nSPS) is 21.5. The number of anilines is 1. The number of halogens is 1. The van der Waals surface area contributed by atoms with Crippen LogP contribution in [0, 0.1) is 6.92 Å². The monoisotopic (exact) mass is 239 g/mol. The van der Waals surface area contributed by atoms with Gasteiger partial charge in [-0.25, -0.2) is 4.98 Å². The second-order valence-electron chi connectivity index (χ2n) is 4.35. The summed E-state index contributed by atoms with van der Waals surface area (Å²) in [4.78, 5) is 4.15. The van der Waals surface area contributed by atoms with E-state index in [9.17, 15) is 0 Å². The maximum atomic E-state index is 5.90. The standard InChI is InChI=1S/C12H18ClN3/c1-9-7-11(8-15-12(9)13)16-10-3-2-5-14-6-4-10/h7-8,10,14,16H,2-6H2,1H3. The zero-order chi connectivity index (χ0) is 11.4. The number of aromatic nitrogens is 1. The van der Waals surface area contributed by atoms with Crippen LogP contribution in [0.15, 0.2) is 12.3 Å². The number of hydrogen-bond acceptors (Lipinski definition) is 3. The van der Waals surface area contributed by atoms with E-state index in [-0.39, 0.29) is 0 Å². The van der Waals surface area contributed by atoms with Gasteiger partial charge in [0.05, 0.1) is 11.9 Å². The van der Waals surface area contributed by atoms with Gasteiger partial charge in [0.2, 0.25) is 0 Å². The van der Waals surface area contributed by atoms with E-state index in [2.05, 4.69) is 21.7 Å². The van der Waals surface area contributed by atoms with Gasteiger partial charge in [-0.1, -0.05) is 11.6 Å². The lowest BCUT2D eigenvalue weighted by atomic mass is 10.1. The van der Waals surface area contributed by atoms with Crippen molar-refractivity contribution >= 4 is 17.3 Å². The van der Waals surface area contributed by atoms with E-state index in [1.54, 1.807) is 0 Å². The summed E-state index contributed by atoms with van der Waals surface area (Å²) in [5, 5.41) is 7.53. The molecule has 0 amide bonds. The highest BCUT2D eigenvalue weighted by Gasteiger charge is 2.11. The van der Waals surface area contributed by atoms with Crippen molar-refractivity contribution in [3.8, 4) is 0 Å². The quantitative estimate of drug-likeness (QED) is 0.779. The molecule has 0 radical (unpaired) electrons. The molecule has 3 nitrogen and oxygen atoms in total. The fourth-order valence-electron chi connectivity index (χ4n) is 2.04. The Bertz CT molecular complexity index is 346. The van der Waals surface area contributed by atoms with Gasteiger partial charge in [-0.15, -0.1) is 0 Å². The summed E-state index contributed by atoms with van der Waals surface area (Å²) in [7, 11) is 0. The maximum absolute atomic E-state index is 5.90. The molecule has 88 valence electrons. The van der Waals surface area contributed by atoms with E-state index in [1.165, 1.54) is 19.3 Å². The summed E-state index contributed by atoms with van der Waals surface area (Å²) in [6.07, 6.45) is 5.43. The van der Waals surface area contributed by atoms with Crippen LogP contribution in [0.5, 0.6) is 0 Å². The molecule has 1 saturated heterocycles. The number of rotatable bonds is 2. The molecule has 0 aromatic carbocycles. The average molecular weight is 240 g/mol. The van der Waals surface area contributed by atoms with Gasteiger partial charge in [-0.3, -0.25) is 0 Å². The highest BCUT2D eigenvalue weighted by molar-refractivity contribution is 6.30. The summed E-state index contributed by atoms with van der Waals surface area (Å²) in [6.45, 7) is 4.21.